The summed E-state index contributed by atoms with van der Waals surface area (Å²) >= 11 is 0. The molecule has 144 valence electrons. The molecule has 0 aliphatic rings. The van der Waals surface area contributed by atoms with Gasteiger partial charge in [-0.2, -0.15) is 5.10 Å². The Hall–Kier alpha value is -3.75. The first-order valence-corrected chi connectivity index (χ1v) is 8.82. The van der Waals surface area contributed by atoms with Crippen molar-refractivity contribution >= 4 is 17.6 Å². The zero-order chi connectivity index (χ0) is 19.8. The fraction of sp³-hybridized carbons (Fsp3) is 0.211. The van der Waals surface area contributed by atoms with Crippen LogP contribution >= 0.6 is 0 Å². The van der Waals surface area contributed by atoms with Crippen LogP contribution in [0.25, 0.3) is 5.82 Å². The Kier molecular flexibility index (Phi) is 6.29. The van der Waals surface area contributed by atoms with Crippen LogP contribution in [-0.2, 0) is 4.79 Å². The molecule has 0 aliphatic carbocycles. The molecule has 0 aliphatic heterocycles. The molecule has 1 aromatic carbocycles. The van der Waals surface area contributed by atoms with Gasteiger partial charge in [0.1, 0.15) is 5.82 Å². The van der Waals surface area contributed by atoms with Crippen LogP contribution in [-0.4, -0.2) is 51.4 Å². The molecule has 9 heteroatoms. The fourth-order valence-corrected chi connectivity index (χ4v) is 2.39. The summed E-state index contributed by atoms with van der Waals surface area (Å²) < 4.78 is 1.65. The maximum absolute atomic E-state index is 11.9. The first-order chi connectivity index (χ1) is 13.6. The van der Waals surface area contributed by atoms with Gasteiger partial charge in [-0.3, -0.25) is 9.59 Å². The number of anilines is 1. The number of amides is 2. The van der Waals surface area contributed by atoms with Crippen LogP contribution in [0.5, 0.6) is 0 Å². The Morgan fingerprint density at radius 1 is 0.964 bits per heavy atom. The highest BCUT2D eigenvalue weighted by Crippen LogP contribution is 2.06. The van der Waals surface area contributed by atoms with Crippen molar-refractivity contribution in [3.63, 3.8) is 0 Å². The van der Waals surface area contributed by atoms with E-state index in [2.05, 4.69) is 31.2 Å². The Morgan fingerprint density at radius 2 is 1.79 bits per heavy atom. The maximum atomic E-state index is 11.9. The molecule has 0 unspecified atom stereocenters. The molecule has 28 heavy (non-hydrogen) atoms. The topological polar surface area (TPSA) is 114 Å². The summed E-state index contributed by atoms with van der Waals surface area (Å²) in [4.78, 5) is 23.7. The van der Waals surface area contributed by atoms with Crippen molar-refractivity contribution in [2.24, 2.45) is 0 Å². The number of carbonyl (C=O) groups excluding carboxylic acids is 2. The summed E-state index contributed by atoms with van der Waals surface area (Å²) in [5.41, 5.74) is 1.42. The lowest BCUT2D eigenvalue weighted by atomic mass is 10.2. The molecule has 0 fully saturated rings. The third-order valence-electron chi connectivity index (χ3n) is 3.81. The second-order valence-electron chi connectivity index (χ2n) is 6.00. The van der Waals surface area contributed by atoms with E-state index in [9.17, 15) is 9.59 Å². The van der Waals surface area contributed by atoms with Crippen molar-refractivity contribution in [3.05, 3.63) is 66.0 Å². The number of aromatic nitrogens is 4. The molecule has 0 saturated heterocycles. The molecule has 3 aromatic rings. The minimum absolute atomic E-state index is 0.0779. The third kappa shape index (κ3) is 5.37. The zero-order valence-electron chi connectivity index (χ0n) is 15.4. The standard InChI is InChI=1S/C19H21N7O2/c1-14-9-12-26(25-14)17-8-7-16(23-24-17)20-10-11-21-18(27)13-22-19(28)15-5-3-2-4-6-15/h2-9,12H,10-11,13H2,1H3,(H,20,23)(H,21,27)(H,22,28). The number of nitrogens with one attached hydrogen (secondary N) is 3. The largest absolute Gasteiger partial charge is 0.367 e. The lowest BCUT2D eigenvalue weighted by Crippen LogP contribution is -2.38. The first-order valence-electron chi connectivity index (χ1n) is 8.82. The molecular weight excluding hydrogens is 358 g/mol. The van der Waals surface area contributed by atoms with E-state index in [-0.39, 0.29) is 18.4 Å². The minimum atomic E-state index is -0.281. The van der Waals surface area contributed by atoms with E-state index in [4.69, 9.17) is 0 Å². The molecule has 2 amide bonds. The van der Waals surface area contributed by atoms with E-state index in [0.29, 0.717) is 30.3 Å². The van der Waals surface area contributed by atoms with Crippen LogP contribution < -0.4 is 16.0 Å². The van der Waals surface area contributed by atoms with E-state index in [1.165, 1.54) is 0 Å². The van der Waals surface area contributed by atoms with Crippen LogP contribution in [0.3, 0.4) is 0 Å². The number of nitrogens with zero attached hydrogens (tertiary/aromatic N) is 4. The summed E-state index contributed by atoms with van der Waals surface area (Å²) in [5, 5.41) is 20.8. The van der Waals surface area contributed by atoms with Gasteiger partial charge in [0.25, 0.3) is 5.91 Å². The Balaban J connectivity index is 1.35. The monoisotopic (exact) mass is 379 g/mol. The van der Waals surface area contributed by atoms with Gasteiger partial charge in [0.15, 0.2) is 5.82 Å². The maximum Gasteiger partial charge on any atom is 0.251 e. The summed E-state index contributed by atoms with van der Waals surface area (Å²) in [6.45, 7) is 2.70. The normalized spacial score (nSPS) is 10.3. The lowest BCUT2D eigenvalue weighted by Gasteiger charge is -2.08. The second kappa shape index (κ2) is 9.26. The number of aryl methyl sites for hydroxylation is 1. The van der Waals surface area contributed by atoms with Crippen LogP contribution in [0.15, 0.2) is 54.7 Å². The smallest absolute Gasteiger partial charge is 0.251 e. The molecule has 3 rings (SSSR count). The van der Waals surface area contributed by atoms with Crippen LogP contribution in [0.1, 0.15) is 16.1 Å². The van der Waals surface area contributed by atoms with E-state index in [0.717, 1.165) is 5.69 Å². The predicted molar refractivity (Wildman–Crippen MR) is 104 cm³/mol. The zero-order valence-corrected chi connectivity index (χ0v) is 15.4. The van der Waals surface area contributed by atoms with Crippen molar-refractivity contribution in [1.29, 1.82) is 0 Å². The molecule has 3 N–H and O–H groups in total. The Morgan fingerprint density at radius 3 is 2.46 bits per heavy atom. The van der Waals surface area contributed by atoms with Crippen LogP contribution in [0.2, 0.25) is 0 Å². The summed E-state index contributed by atoms with van der Waals surface area (Å²) in [6.07, 6.45) is 1.82. The molecule has 2 aromatic heterocycles. The number of hydrogen-bond donors (Lipinski definition) is 3. The molecule has 0 radical (unpaired) electrons. The van der Waals surface area contributed by atoms with Gasteiger partial charge in [0.05, 0.1) is 12.2 Å². The Labute approximate surface area is 162 Å². The molecule has 9 nitrogen and oxygen atoms in total. The van der Waals surface area contributed by atoms with Crippen molar-refractivity contribution in [2.75, 3.05) is 25.0 Å². The third-order valence-corrected chi connectivity index (χ3v) is 3.81. The minimum Gasteiger partial charge on any atom is -0.367 e. The highest BCUT2D eigenvalue weighted by atomic mass is 16.2. The SMILES string of the molecule is Cc1ccn(-c2ccc(NCCNC(=O)CNC(=O)c3ccccc3)nn2)n1. The van der Waals surface area contributed by atoms with Crippen molar-refractivity contribution in [2.45, 2.75) is 6.92 Å². The van der Waals surface area contributed by atoms with Crippen LogP contribution in [0, 0.1) is 6.92 Å². The van der Waals surface area contributed by atoms with E-state index >= 15 is 0 Å². The Bertz CT molecular complexity index is 923. The highest BCUT2D eigenvalue weighted by Gasteiger charge is 2.07. The molecule has 2 heterocycles. The molecule has 0 spiro atoms. The van der Waals surface area contributed by atoms with Crippen molar-refractivity contribution in [3.8, 4) is 5.82 Å². The molecule has 0 atom stereocenters. The van der Waals surface area contributed by atoms with Gasteiger partial charge in [-0.25, -0.2) is 4.68 Å². The number of hydrogen-bond acceptors (Lipinski definition) is 6. The molecule has 0 bridgehead atoms. The lowest BCUT2D eigenvalue weighted by molar-refractivity contribution is -0.120. The van der Waals surface area contributed by atoms with Crippen molar-refractivity contribution in [1.82, 2.24) is 30.6 Å². The number of rotatable bonds is 8. The quantitative estimate of drug-likeness (QED) is 0.502. The van der Waals surface area contributed by atoms with Crippen LogP contribution in [0.4, 0.5) is 5.82 Å². The predicted octanol–water partition coefficient (Wildman–Crippen LogP) is 0.929. The second-order valence-corrected chi connectivity index (χ2v) is 6.00. The summed E-state index contributed by atoms with van der Waals surface area (Å²) in [7, 11) is 0. The van der Waals surface area contributed by atoms with Crippen molar-refractivity contribution < 1.29 is 9.59 Å². The fourth-order valence-electron chi connectivity index (χ4n) is 2.39. The highest BCUT2D eigenvalue weighted by molar-refractivity contribution is 5.96. The van der Waals surface area contributed by atoms with Gasteiger partial charge in [-0.1, -0.05) is 18.2 Å². The molecule has 0 saturated carbocycles. The van der Waals surface area contributed by atoms with Gasteiger partial charge < -0.3 is 16.0 Å². The van der Waals surface area contributed by atoms with Gasteiger partial charge in [-0.05, 0) is 37.3 Å². The first kappa shape index (κ1) is 19.0. The van der Waals surface area contributed by atoms with Gasteiger partial charge in [0, 0.05) is 24.8 Å². The number of benzene rings is 1. The molecular formula is C19H21N7O2. The van der Waals surface area contributed by atoms with E-state index in [1.54, 1.807) is 41.1 Å². The summed E-state index contributed by atoms with van der Waals surface area (Å²) in [5.74, 6) is 0.679. The van der Waals surface area contributed by atoms with Gasteiger partial charge >= 0.3 is 0 Å². The van der Waals surface area contributed by atoms with Gasteiger partial charge in [-0.15, -0.1) is 10.2 Å². The van der Waals surface area contributed by atoms with Gasteiger partial charge in [0.2, 0.25) is 5.91 Å². The number of carbonyl (C=O) groups is 2. The van der Waals surface area contributed by atoms with E-state index in [1.807, 2.05) is 25.3 Å². The average molecular weight is 379 g/mol. The van der Waals surface area contributed by atoms with E-state index < -0.39 is 0 Å². The average Bonchev–Trinajstić information content (AvgIpc) is 3.17. The summed E-state index contributed by atoms with van der Waals surface area (Å²) in [6, 6.07) is 14.2.